The lowest BCUT2D eigenvalue weighted by molar-refractivity contribution is -0.171. The highest BCUT2D eigenvalue weighted by molar-refractivity contribution is 9.08. The van der Waals surface area contributed by atoms with Crippen LogP contribution in [0, 0.1) is 5.92 Å². The number of hydrogen-bond donors (Lipinski definition) is 4. The number of carbonyl (C=O) groups is 3. The lowest BCUT2D eigenvalue weighted by Crippen LogP contribution is -2.53. The molecule has 7 nitrogen and oxygen atoms in total. The van der Waals surface area contributed by atoms with E-state index in [9.17, 15) is 19.5 Å². The van der Waals surface area contributed by atoms with Crippen molar-refractivity contribution in [1.82, 2.24) is 8.69 Å². The van der Waals surface area contributed by atoms with Crippen molar-refractivity contribution in [1.29, 1.82) is 0 Å². The van der Waals surface area contributed by atoms with Crippen LogP contribution < -0.4 is 8.69 Å². The van der Waals surface area contributed by atoms with Crippen LogP contribution in [0.5, 0.6) is 0 Å². The first kappa shape index (κ1) is 16.3. The minimum atomic E-state index is -2.45. The third kappa shape index (κ3) is 3.93. The van der Waals surface area contributed by atoms with Crippen LogP contribution in [0.4, 0.5) is 0 Å². The van der Waals surface area contributed by atoms with Crippen LogP contribution in [0.1, 0.15) is 19.8 Å². The number of halogens is 2. The average molecular weight is 376 g/mol. The molecule has 0 aromatic carbocycles. The Labute approximate surface area is 115 Å². The second-order valence-corrected chi connectivity index (χ2v) is 4.14. The van der Waals surface area contributed by atoms with Crippen molar-refractivity contribution < 1.29 is 24.6 Å². The minimum absolute atomic E-state index is 0.0653. The molecule has 0 radical (unpaired) electrons. The summed E-state index contributed by atoms with van der Waals surface area (Å²) in [5.41, 5.74) is -2.45. The van der Waals surface area contributed by atoms with Crippen LogP contribution in [0.2, 0.25) is 0 Å². The molecule has 0 aromatic rings. The maximum absolute atomic E-state index is 11.4. The molecule has 0 aromatic heterocycles. The van der Waals surface area contributed by atoms with Crippen molar-refractivity contribution >= 4 is 50.1 Å². The summed E-state index contributed by atoms with van der Waals surface area (Å²) in [6.07, 6.45) is -0.664. The van der Waals surface area contributed by atoms with E-state index in [1.54, 1.807) is 0 Å². The predicted octanol–water partition coefficient (Wildman–Crippen LogP) is 0.0706. The van der Waals surface area contributed by atoms with Crippen molar-refractivity contribution in [2.75, 3.05) is 0 Å². The van der Waals surface area contributed by atoms with Crippen molar-refractivity contribution in [2.45, 2.75) is 25.4 Å². The topological polar surface area (TPSA) is 116 Å². The van der Waals surface area contributed by atoms with E-state index in [1.807, 2.05) is 4.34 Å². The van der Waals surface area contributed by atoms with Gasteiger partial charge in [0.25, 0.3) is 0 Å². The number of hydrogen-bond acceptors (Lipinski definition) is 4. The van der Waals surface area contributed by atoms with Crippen LogP contribution in [0.25, 0.3) is 0 Å². The Balaban J connectivity index is 5.22. The Hall–Kier alpha value is -0.670. The molecule has 2 amide bonds. The number of rotatable bonds is 6. The van der Waals surface area contributed by atoms with Gasteiger partial charge in [0.1, 0.15) is 0 Å². The number of carboxylic acids is 1. The van der Waals surface area contributed by atoms with Gasteiger partial charge in [0.05, 0.1) is 12.3 Å². The molecule has 0 aliphatic heterocycles. The lowest BCUT2D eigenvalue weighted by atomic mass is 9.82. The third-order valence-corrected chi connectivity index (χ3v) is 3.13. The van der Waals surface area contributed by atoms with E-state index in [0.29, 0.717) is 0 Å². The molecule has 0 saturated heterocycles. The molecule has 2 atom stereocenters. The molecule has 0 bridgehead atoms. The van der Waals surface area contributed by atoms with Crippen molar-refractivity contribution in [3.63, 3.8) is 0 Å². The molecule has 2 unspecified atom stereocenters. The molecule has 0 heterocycles. The van der Waals surface area contributed by atoms with E-state index in [-0.39, 0.29) is 6.42 Å². The Kier molecular flexibility index (Phi) is 6.65. The molecule has 0 spiro atoms. The summed E-state index contributed by atoms with van der Waals surface area (Å²) in [4.78, 5) is 33.6. The monoisotopic (exact) mass is 374 g/mol. The number of carbonyl (C=O) groups excluding carboxylic acids is 2. The maximum atomic E-state index is 11.4. The van der Waals surface area contributed by atoms with E-state index in [1.165, 1.54) is 6.92 Å². The zero-order valence-corrected chi connectivity index (χ0v) is 12.0. The number of carboxylic acid groups (broad SMARTS) is 1. The maximum Gasteiger partial charge on any atom is 0.337 e. The smallest absolute Gasteiger partial charge is 0.337 e. The first-order chi connectivity index (χ1) is 7.83. The Morgan fingerprint density at radius 1 is 1.29 bits per heavy atom. The van der Waals surface area contributed by atoms with Crippen molar-refractivity contribution in [3.05, 3.63) is 0 Å². The normalized spacial score (nSPS) is 15.5. The highest BCUT2D eigenvalue weighted by Gasteiger charge is 2.48. The first-order valence-corrected chi connectivity index (χ1v) is 6.17. The molecule has 0 rings (SSSR count). The van der Waals surface area contributed by atoms with E-state index in [4.69, 9.17) is 5.11 Å². The quantitative estimate of drug-likeness (QED) is 0.490. The number of nitrogens with one attached hydrogen (secondary N) is 2. The van der Waals surface area contributed by atoms with Crippen LogP contribution in [0.3, 0.4) is 0 Å². The van der Waals surface area contributed by atoms with Crippen molar-refractivity contribution in [3.8, 4) is 0 Å². The molecule has 9 heteroatoms. The van der Waals surface area contributed by atoms with E-state index >= 15 is 0 Å². The standard InChI is InChI=1S/C8H12Br2N2O5/c1-2-4(6(14)12-10)8(17,7(15)16)3-5(13)11-9/h4,17H,2-3H2,1H3,(H,11,13)(H,12,14)(H,15,16). The molecule has 0 aliphatic rings. The van der Waals surface area contributed by atoms with Gasteiger partial charge in [-0.25, -0.2) is 4.79 Å². The minimum Gasteiger partial charge on any atom is -0.479 e. The van der Waals surface area contributed by atoms with E-state index in [0.717, 1.165) is 0 Å². The predicted molar refractivity (Wildman–Crippen MR) is 65.1 cm³/mol. The summed E-state index contributed by atoms with van der Waals surface area (Å²) in [6.45, 7) is 1.53. The van der Waals surface area contributed by atoms with Crippen LogP contribution in [-0.4, -0.2) is 33.6 Å². The molecular weight excluding hydrogens is 364 g/mol. The lowest BCUT2D eigenvalue weighted by Gasteiger charge is -2.29. The summed E-state index contributed by atoms with van der Waals surface area (Å²) in [5.74, 6) is -4.32. The summed E-state index contributed by atoms with van der Waals surface area (Å²) >= 11 is 5.30. The Morgan fingerprint density at radius 2 is 1.82 bits per heavy atom. The van der Waals surface area contributed by atoms with Gasteiger partial charge in [-0.3, -0.25) is 18.3 Å². The summed E-state index contributed by atoms with van der Waals surface area (Å²) in [7, 11) is 0. The van der Waals surface area contributed by atoms with Gasteiger partial charge in [0.15, 0.2) is 5.60 Å². The first-order valence-electron chi connectivity index (χ1n) is 4.59. The van der Waals surface area contributed by atoms with Gasteiger partial charge in [-0.2, -0.15) is 0 Å². The van der Waals surface area contributed by atoms with Gasteiger partial charge in [-0.15, -0.1) is 0 Å². The van der Waals surface area contributed by atoms with Gasteiger partial charge in [0.2, 0.25) is 11.8 Å². The van der Waals surface area contributed by atoms with Crippen LogP contribution >= 0.6 is 32.3 Å². The zero-order chi connectivity index (χ0) is 13.6. The fourth-order valence-electron chi connectivity index (χ4n) is 1.43. The zero-order valence-electron chi connectivity index (χ0n) is 8.87. The molecule has 98 valence electrons. The molecule has 0 aliphatic carbocycles. The second-order valence-electron chi connectivity index (χ2n) is 3.34. The van der Waals surface area contributed by atoms with Crippen LogP contribution in [-0.2, 0) is 14.4 Å². The van der Waals surface area contributed by atoms with E-state index in [2.05, 4.69) is 36.6 Å². The van der Waals surface area contributed by atoms with E-state index < -0.39 is 35.7 Å². The fourth-order valence-corrected chi connectivity index (χ4v) is 1.85. The highest BCUT2D eigenvalue weighted by Crippen LogP contribution is 2.26. The molecule has 0 saturated carbocycles. The Morgan fingerprint density at radius 3 is 2.12 bits per heavy atom. The third-order valence-electron chi connectivity index (χ3n) is 2.30. The number of amides is 2. The fraction of sp³-hybridized carbons (Fsp3) is 0.625. The van der Waals surface area contributed by atoms with Gasteiger partial charge < -0.3 is 10.2 Å². The number of aliphatic hydroxyl groups is 1. The average Bonchev–Trinajstić information content (AvgIpc) is 2.28. The SMILES string of the molecule is CCC(C(=O)NBr)C(O)(CC(=O)NBr)C(=O)O. The van der Waals surface area contributed by atoms with Gasteiger partial charge >= 0.3 is 5.97 Å². The largest absolute Gasteiger partial charge is 0.479 e. The molecule has 17 heavy (non-hydrogen) atoms. The highest BCUT2D eigenvalue weighted by atomic mass is 79.9. The second kappa shape index (κ2) is 6.92. The van der Waals surface area contributed by atoms with Gasteiger partial charge in [0, 0.05) is 32.3 Å². The van der Waals surface area contributed by atoms with Crippen LogP contribution in [0.15, 0.2) is 0 Å². The molecule has 0 fully saturated rings. The van der Waals surface area contributed by atoms with Gasteiger partial charge in [-0.05, 0) is 6.42 Å². The van der Waals surface area contributed by atoms with Crippen molar-refractivity contribution in [2.24, 2.45) is 5.92 Å². The molecular formula is C8H12Br2N2O5. The number of aliphatic carboxylic acids is 1. The van der Waals surface area contributed by atoms with Gasteiger partial charge in [-0.1, -0.05) is 6.92 Å². The Bertz CT molecular complexity index is 325. The molecule has 4 N–H and O–H groups in total. The summed E-state index contributed by atoms with van der Waals surface area (Å²) < 4.78 is 4.09. The summed E-state index contributed by atoms with van der Waals surface area (Å²) in [5, 5.41) is 19.0. The summed E-state index contributed by atoms with van der Waals surface area (Å²) in [6, 6.07) is 0.